The first-order valence-electron chi connectivity index (χ1n) is 13.2. The number of likely N-dealkylation sites (tertiary alicyclic amines) is 2. The lowest BCUT2D eigenvalue weighted by molar-refractivity contribution is -0.143. The number of piperidine rings is 2. The molecule has 3 fully saturated rings. The molecular formula is C27H41ClN4O3. The highest BCUT2D eigenvalue weighted by Gasteiger charge is 2.41. The minimum atomic E-state index is -0.396. The van der Waals surface area contributed by atoms with Crippen LogP contribution in [0.5, 0.6) is 5.75 Å². The largest absolute Gasteiger partial charge is 0.493 e. The predicted octanol–water partition coefficient (Wildman–Crippen LogP) is 3.22. The van der Waals surface area contributed by atoms with Gasteiger partial charge in [-0.15, -0.1) is 0 Å². The monoisotopic (exact) mass is 504 g/mol. The molecule has 0 aliphatic carbocycles. The van der Waals surface area contributed by atoms with Crippen LogP contribution in [0.15, 0.2) is 24.3 Å². The van der Waals surface area contributed by atoms with Gasteiger partial charge < -0.3 is 19.4 Å². The number of nitrogens with zero attached hydrogens (tertiary/aromatic N) is 4. The maximum absolute atomic E-state index is 13.4. The average Bonchev–Trinajstić information content (AvgIpc) is 2.85. The summed E-state index contributed by atoms with van der Waals surface area (Å²) in [5, 5.41) is 0.626. The van der Waals surface area contributed by atoms with Gasteiger partial charge in [-0.2, -0.15) is 0 Å². The van der Waals surface area contributed by atoms with Gasteiger partial charge in [-0.1, -0.05) is 24.6 Å². The number of likely N-dealkylation sites (N-methyl/N-ethyl adjacent to an activating group) is 1. The summed E-state index contributed by atoms with van der Waals surface area (Å²) in [5.41, 5.74) is -0.396. The fourth-order valence-electron chi connectivity index (χ4n) is 5.53. The van der Waals surface area contributed by atoms with Gasteiger partial charge in [-0.05, 0) is 69.9 Å². The van der Waals surface area contributed by atoms with E-state index in [4.69, 9.17) is 16.3 Å². The Hall–Kier alpha value is -1.83. The number of piperazine rings is 1. The smallest absolute Gasteiger partial charge is 0.236 e. The molecule has 0 aromatic heterocycles. The van der Waals surface area contributed by atoms with Gasteiger partial charge in [0.25, 0.3) is 0 Å². The van der Waals surface area contributed by atoms with Crippen LogP contribution in [0, 0.1) is 11.3 Å². The van der Waals surface area contributed by atoms with Crippen LogP contribution in [0.1, 0.15) is 39.0 Å². The van der Waals surface area contributed by atoms with E-state index in [1.54, 1.807) is 6.07 Å². The van der Waals surface area contributed by atoms with Crippen LogP contribution in [0.2, 0.25) is 5.02 Å². The number of hydrogen-bond donors (Lipinski definition) is 0. The van der Waals surface area contributed by atoms with Crippen molar-refractivity contribution in [2.75, 3.05) is 72.6 Å². The second-order valence-corrected chi connectivity index (χ2v) is 11.4. The number of amides is 2. The maximum Gasteiger partial charge on any atom is 0.236 e. The van der Waals surface area contributed by atoms with Gasteiger partial charge in [-0.25, -0.2) is 0 Å². The van der Waals surface area contributed by atoms with E-state index < -0.39 is 5.41 Å². The van der Waals surface area contributed by atoms with Crippen molar-refractivity contribution in [1.82, 2.24) is 19.6 Å². The highest BCUT2D eigenvalue weighted by atomic mass is 35.5. The summed E-state index contributed by atoms with van der Waals surface area (Å²) in [4.78, 5) is 35.2. The Bertz CT molecular complexity index is 868. The number of hydrogen-bond acceptors (Lipinski definition) is 5. The first-order chi connectivity index (χ1) is 16.8. The van der Waals surface area contributed by atoms with Crippen molar-refractivity contribution in [3.63, 3.8) is 0 Å². The van der Waals surface area contributed by atoms with Crippen molar-refractivity contribution in [1.29, 1.82) is 0 Å². The molecule has 3 aliphatic heterocycles. The Morgan fingerprint density at radius 1 is 1.03 bits per heavy atom. The van der Waals surface area contributed by atoms with E-state index in [-0.39, 0.29) is 11.8 Å². The quantitative estimate of drug-likeness (QED) is 0.570. The van der Waals surface area contributed by atoms with Crippen LogP contribution in [0.25, 0.3) is 0 Å². The van der Waals surface area contributed by atoms with Crippen molar-refractivity contribution in [3.05, 3.63) is 29.3 Å². The third-order valence-electron chi connectivity index (χ3n) is 7.97. The normalized spacial score (nSPS) is 25.0. The van der Waals surface area contributed by atoms with Crippen molar-refractivity contribution in [2.45, 2.75) is 39.0 Å². The average molecular weight is 505 g/mol. The molecule has 3 heterocycles. The van der Waals surface area contributed by atoms with E-state index in [9.17, 15) is 9.59 Å². The van der Waals surface area contributed by atoms with E-state index in [2.05, 4.69) is 23.8 Å². The molecule has 0 N–H and O–H groups in total. The van der Waals surface area contributed by atoms with E-state index in [1.165, 1.54) is 0 Å². The topological polar surface area (TPSA) is 56.3 Å². The van der Waals surface area contributed by atoms with Gasteiger partial charge in [0.2, 0.25) is 11.8 Å². The van der Waals surface area contributed by atoms with Gasteiger partial charge in [-0.3, -0.25) is 14.5 Å². The Kier molecular flexibility index (Phi) is 8.95. The molecule has 0 bridgehead atoms. The first-order valence-corrected chi connectivity index (χ1v) is 13.5. The zero-order valence-electron chi connectivity index (χ0n) is 21.4. The molecule has 7 nitrogen and oxygen atoms in total. The molecule has 3 saturated heterocycles. The summed E-state index contributed by atoms with van der Waals surface area (Å²) in [6.07, 6.45) is 4.48. The number of carbonyl (C=O) groups excluding carboxylic acids is 2. The van der Waals surface area contributed by atoms with E-state index >= 15 is 0 Å². The molecule has 194 valence electrons. The van der Waals surface area contributed by atoms with E-state index in [1.807, 2.05) is 28.0 Å². The minimum absolute atomic E-state index is 0.173. The van der Waals surface area contributed by atoms with Gasteiger partial charge in [0.15, 0.2) is 0 Å². The van der Waals surface area contributed by atoms with Crippen molar-refractivity contribution < 1.29 is 14.3 Å². The Labute approximate surface area is 215 Å². The van der Waals surface area contributed by atoms with Crippen molar-refractivity contribution in [2.24, 2.45) is 11.3 Å². The van der Waals surface area contributed by atoms with Gasteiger partial charge in [0, 0.05) is 56.1 Å². The lowest BCUT2D eigenvalue weighted by atomic mass is 9.77. The molecule has 4 rings (SSSR count). The SMILES string of the molecule is CC1CCN(CC(=O)N2CCC[C@@](COc3cccc(Cl)c3)(CC(=O)N3CCN(C)CC3)C2)CC1. The molecule has 8 heteroatoms. The zero-order valence-corrected chi connectivity index (χ0v) is 22.1. The highest BCUT2D eigenvalue weighted by Crippen LogP contribution is 2.36. The molecule has 1 aromatic carbocycles. The third-order valence-corrected chi connectivity index (χ3v) is 8.21. The zero-order chi connectivity index (χ0) is 24.8. The number of rotatable bonds is 7. The fraction of sp³-hybridized carbons (Fsp3) is 0.704. The predicted molar refractivity (Wildman–Crippen MR) is 139 cm³/mol. The van der Waals surface area contributed by atoms with Crippen LogP contribution >= 0.6 is 11.6 Å². The van der Waals surface area contributed by atoms with Crippen LogP contribution in [-0.4, -0.2) is 104 Å². The Morgan fingerprint density at radius 3 is 2.49 bits per heavy atom. The molecule has 35 heavy (non-hydrogen) atoms. The molecular weight excluding hydrogens is 464 g/mol. The molecule has 0 unspecified atom stereocenters. The number of carbonyl (C=O) groups is 2. The third kappa shape index (κ3) is 7.34. The summed E-state index contributed by atoms with van der Waals surface area (Å²) in [7, 11) is 2.09. The summed E-state index contributed by atoms with van der Waals surface area (Å²) < 4.78 is 6.21. The lowest BCUT2D eigenvalue weighted by Gasteiger charge is -2.44. The van der Waals surface area contributed by atoms with E-state index in [0.29, 0.717) is 36.9 Å². The number of halogens is 1. The molecule has 1 atom stereocenters. The number of benzene rings is 1. The van der Waals surface area contributed by atoms with Gasteiger partial charge in [0.05, 0.1) is 13.2 Å². The molecule has 1 aromatic rings. The van der Waals surface area contributed by atoms with Crippen LogP contribution < -0.4 is 4.74 Å². The minimum Gasteiger partial charge on any atom is -0.493 e. The molecule has 0 radical (unpaired) electrons. The highest BCUT2D eigenvalue weighted by molar-refractivity contribution is 6.30. The Morgan fingerprint density at radius 2 is 1.77 bits per heavy atom. The summed E-state index contributed by atoms with van der Waals surface area (Å²) in [6, 6.07) is 7.39. The standard InChI is InChI=1S/C27H41ClN4O3/c1-22-7-11-30(12-8-22)19-26(34)32-10-4-9-27(20-32,21-35-24-6-3-5-23(28)17-24)18-25(33)31-15-13-29(2)14-16-31/h3,5-6,17,22H,4,7-16,18-21H2,1-2H3/t27-/m1/s1. The second kappa shape index (κ2) is 11.9. The summed E-state index contributed by atoms with van der Waals surface area (Å²) >= 11 is 6.16. The van der Waals surface area contributed by atoms with E-state index in [0.717, 1.165) is 77.4 Å². The maximum atomic E-state index is 13.4. The van der Waals surface area contributed by atoms with Crippen LogP contribution in [0.4, 0.5) is 0 Å². The molecule has 2 amide bonds. The summed E-state index contributed by atoms with van der Waals surface area (Å²) in [6.45, 7) is 9.79. The van der Waals surface area contributed by atoms with Gasteiger partial charge in [0.1, 0.15) is 5.75 Å². The van der Waals surface area contributed by atoms with Crippen molar-refractivity contribution >= 4 is 23.4 Å². The number of ether oxygens (including phenoxy) is 1. The first kappa shape index (κ1) is 26.2. The molecule has 3 aliphatic rings. The molecule has 0 spiro atoms. The van der Waals surface area contributed by atoms with Crippen LogP contribution in [0.3, 0.4) is 0 Å². The van der Waals surface area contributed by atoms with Gasteiger partial charge >= 0.3 is 0 Å². The lowest BCUT2D eigenvalue weighted by Crippen LogP contribution is -2.54. The Balaban J connectivity index is 1.44. The summed E-state index contributed by atoms with van der Waals surface area (Å²) in [5.74, 6) is 1.80. The van der Waals surface area contributed by atoms with Crippen LogP contribution in [-0.2, 0) is 9.59 Å². The molecule has 0 saturated carbocycles. The fourth-order valence-corrected chi connectivity index (χ4v) is 5.71. The van der Waals surface area contributed by atoms with Crippen molar-refractivity contribution in [3.8, 4) is 5.75 Å². The second-order valence-electron chi connectivity index (χ2n) is 11.0.